The van der Waals surface area contributed by atoms with E-state index in [4.69, 9.17) is 5.11 Å². The summed E-state index contributed by atoms with van der Waals surface area (Å²) >= 11 is 0. The molecule has 0 heterocycles. The van der Waals surface area contributed by atoms with E-state index in [9.17, 15) is 0 Å². The Balaban J connectivity index is 2.16. The van der Waals surface area contributed by atoms with Crippen molar-refractivity contribution < 1.29 is 5.11 Å². The lowest BCUT2D eigenvalue weighted by Gasteiger charge is -2.13. The molecule has 0 amide bonds. The normalized spacial score (nSPS) is 15.1. The van der Waals surface area contributed by atoms with Crippen LogP contribution < -0.4 is 0 Å². The van der Waals surface area contributed by atoms with E-state index in [0.29, 0.717) is 6.61 Å². The molecule has 0 aromatic rings. The topological polar surface area (TPSA) is 20.2 Å². The predicted octanol–water partition coefficient (Wildman–Crippen LogP) is 7.44. The van der Waals surface area contributed by atoms with Crippen LogP contribution in [0.3, 0.4) is 0 Å². The summed E-state index contributed by atoms with van der Waals surface area (Å²) in [6.07, 6.45) is 31.4. The smallest absolute Gasteiger partial charge is 0.0431 e. The number of hydrogen-bond acceptors (Lipinski definition) is 1. The predicted molar refractivity (Wildman–Crippen MR) is 112 cm³/mol. The summed E-state index contributed by atoms with van der Waals surface area (Å²) in [6, 6.07) is 0. The van der Waals surface area contributed by atoms with Crippen LogP contribution in [0.25, 0.3) is 0 Å². The van der Waals surface area contributed by atoms with E-state index < -0.39 is 0 Å². The first kappa shape index (κ1) is 22.0. The summed E-state index contributed by atoms with van der Waals surface area (Å²) < 4.78 is 0. The fourth-order valence-corrected chi connectivity index (χ4v) is 3.32. The molecule has 1 nitrogen and oxygen atoms in total. The molecule has 0 saturated carbocycles. The van der Waals surface area contributed by atoms with Crippen LogP contribution in [0, 0.1) is 0 Å². The van der Waals surface area contributed by atoms with Crippen LogP contribution in [-0.4, -0.2) is 11.7 Å². The highest BCUT2D eigenvalue weighted by Gasteiger charge is 2.05. The lowest BCUT2D eigenvalue weighted by Crippen LogP contribution is -1.94. The molecule has 0 aliphatic heterocycles. The molecule has 142 valence electrons. The molecule has 0 fully saturated rings. The lowest BCUT2D eigenvalue weighted by molar-refractivity contribution is 0.283. The minimum atomic E-state index is 0.325. The molecule has 25 heavy (non-hydrogen) atoms. The average molecular weight is 345 g/mol. The summed E-state index contributed by atoms with van der Waals surface area (Å²) in [5.41, 5.74) is 2.91. The lowest BCUT2D eigenvalue weighted by atomic mass is 9.93. The van der Waals surface area contributed by atoms with Gasteiger partial charge >= 0.3 is 0 Å². The van der Waals surface area contributed by atoms with E-state index >= 15 is 0 Å². The highest BCUT2D eigenvalue weighted by molar-refractivity contribution is 5.42. The Labute approximate surface area is 156 Å². The van der Waals surface area contributed by atoms with Crippen molar-refractivity contribution in [3.8, 4) is 0 Å². The van der Waals surface area contributed by atoms with Gasteiger partial charge in [0.1, 0.15) is 0 Å². The Kier molecular flexibility index (Phi) is 14.4. The summed E-state index contributed by atoms with van der Waals surface area (Å²) in [6.45, 7) is 2.60. The number of aliphatic hydroxyl groups excluding tert-OH is 1. The van der Waals surface area contributed by atoms with E-state index in [1.54, 1.807) is 0 Å². The number of rotatable bonds is 15. The number of allylic oxidation sites excluding steroid dienone is 8. The molecule has 0 atom stereocenters. The van der Waals surface area contributed by atoms with Crippen molar-refractivity contribution in [3.05, 3.63) is 47.6 Å². The fraction of sp³-hybridized carbons (Fsp3) is 0.667. The summed E-state index contributed by atoms with van der Waals surface area (Å²) in [5, 5.41) is 8.88. The molecule has 1 rings (SSSR count). The molecule has 0 aromatic heterocycles. The third-order valence-electron chi connectivity index (χ3n) is 4.89. The van der Waals surface area contributed by atoms with E-state index in [0.717, 1.165) is 19.3 Å². The number of aliphatic hydroxyl groups is 1. The van der Waals surface area contributed by atoms with Crippen LogP contribution in [0.15, 0.2) is 47.6 Å². The minimum absolute atomic E-state index is 0.325. The first-order chi connectivity index (χ1) is 12.4. The zero-order valence-electron chi connectivity index (χ0n) is 16.5. The summed E-state index contributed by atoms with van der Waals surface area (Å²) in [7, 11) is 0. The van der Waals surface area contributed by atoms with Crippen molar-refractivity contribution in [1.82, 2.24) is 0 Å². The Morgan fingerprint density at radius 3 is 2.36 bits per heavy atom. The van der Waals surface area contributed by atoms with Crippen molar-refractivity contribution in [2.45, 2.75) is 96.8 Å². The Bertz CT molecular complexity index is 425. The monoisotopic (exact) mass is 344 g/mol. The summed E-state index contributed by atoms with van der Waals surface area (Å²) in [4.78, 5) is 0. The SMILES string of the molecule is CCCCCCCCC/C=C/C=C/C1=CCCC=C1CCCCCO. The fourth-order valence-electron chi connectivity index (χ4n) is 3.32. The average Bonchev–Trinajstić information content (AvgIpc) is 2.64. The highest BCUT2D eigenvalue weighted by Crippen LogP contribution is 2.24. The molecular weight excluding hydrogens is 304 g/mol. The second-order valence-corrected chi connectivity index (χ2v) is 7.20. The van der Waals surface area contributed by atoms with Crippen molar-refractivity contribution in [3.63, 3.8) is 0 Å². The molecule has 0 bridgehead atoms. The van der Waals surface area contributed by atoms with Crippen LogP contribution in [-0.2, 0) is 0 Å². The molecule has 0 saturated heterocycles. The molecule has 0 radical (unpaired) electrons. The van der Waals surface area contributed by atoms with Gasteiger partial charge in [0.15, 0.2) is 0 Å². The minimum Gasteiger partial charge on any atom is -0.396 e. The molecule has 1 heteroatoms. The second kappa shape index (κ2) is 16.4. The van der Waals surface area contributed by atoms with E-state index in [1.165, 1.54) is 81.8 Å². The number of unbranched alkanes of at least 4 members (excludes halogenated alkanes) is 9. The molecule has 1 aliphatic rings. The summed E-state index contributed by atoms with van der Waals surface area (Å²) in [5.74, 6) is 0. The van der Waals surface area contributed by atoms with E-state index in [-0.39, 0.29) is 0 Å². The van der Waals surface area contributed by atoms with Gasteiger partial charge in [-0.15, -0.1) is 0 Å². The van der Waals surface area contributed by atoms with Crippen molar-refractivity contribution in [2.24, 2.45) is 0 Å². The van der Waals surface area contributed by atoms with Crippen LogP contribution in [0.2, 0.25) is 0 Å². The van der Waals surface area contributed by atoms with Gasteiger partial charge < -0.3 is 5.11 Å². The van der Waals surface area contributed by atoms with Gasteiger partial charge in [-0.3, -0.25) is 0 Å². The quantitative estimate of drug-likeness (QED) is 0.242. The second-order valence-electron chi connectivity index (χ2n) is 7.20. The third kappa shape index (κ3) is 12.0. The van der Waals surface area contributed by atoms with Crippen LogP contribution >= 0.6 is 0 Å². The van der Waals surface area contributed by atoms with Gasteiger partial charge in [0.2, 0.25) is 0 Å². The maximum absolute atomic E-state index is 8.88. The molecular formula is C24H40O. The Morgan fingerprint density at radius 1 is 0.840 bits per heavy atom. The van der Waals surface area contributed by atoms with Gasteiger partial charge in [0, 0.05) is 6.61 Å². The van der Waals surface area contributed by atoms with Crippen LogP contribution in [0.5, 0.6) is 0 Å². The van der Waals surface area contributed by atoms with Crippen LogP contribution in [0.1, 0.15) is 96.8 Å². The molecule has 1 aliphatic carbocycles. The molecule has 1 N–H and O–H groups in total. The van der Waals surface area contributed by atoms with Crippen molar-refractivity contribution in [1.29, 1.82) is 0 Å². The van der Waals surface area contributed by atoms with Crippen molar-refractivity contribution >= 4 is 0 Å². The van der Waals surface area contributed by atoms with Gasteiger partial charge in [-0.1, -0.05) is 88.3 Å². The van der Waals surface area contributed by atoms with E-state index in [2.05, 4.69) is 43.4 Å². The van der Waals surface area contributed by atoms with E-state index in [1.807, 2.05) is 0 Å². The zero-order chi connectivity index (χ0) is 18.0. The molecule has 0 spiro atoms. The van der Waals surface area contributed by atoms with Gasteiger partial charge in [-0.25, -0.2) is 0 Å². The van der Waals surface area contributed by atoms with Crippen LogP contribution in [0.4, 0.5) is 0 Å². The van der Waals surface area contributed by atoms with Gasteiger partial charge in [0.25, 0.3) is 0 Å². The standard InChI is InChI=1S/C24H40O/c1-2-3-4-5-6-7-8-9-10-11-13-18-23-20-15-16-21-24(23)19-14-12-17-22-25/h10-11,13,18,20-21,25H,2-9,12,14-17,19,22H2,1H3/b11-10+,18-13+. The molecule has 0 unspecified atom stereocenters. The largest absolute Gasteiger partial charge is 0.396 e. The molecule has 0 aromatic carbocycles. The number of hydrogen-bond donors (Lipinski definition) is 1. The maximum atomic E-state index is 8.88. The Hall–Kier alpha value is -1.08. The highest BCUT2D eigenvalue weighted by atomic mass is 16.2. The van der Waals surface area contributed by atoms with Crippen molar-refractivity contribution in [2.75, 3.05) is 6.61 Å². The van der Waals surface area contributed by atoms with Gasteiger partial charge in [0.05, 0.1) is 0 Å². The first-order valence-corrected chi connectivity index (χ1v) is 10.7. The maximum Gasteiger partial charge on any atom is 0.0431 e. The van der Waals surface area contributed by atoms with Gasteiger partial charge in [-0.05, 0) is 56.1 Å². The zero-order valence-corrected chi connectivity index (χ0v) is 16.5. The third-order valence-corrected chi connectivity index (χ3v) is 4.89. The first-order valence-electron chi connectivity index (χ1n) is 10.7. The Morgan fingerprint density at radius 2 is 1.56 bits per heavy atom. The van der Waals surface area contributed by atoms with Gasteiger partial charge in [-0.2, -0.15) is 0 Å².